The van der Waals surface area contributed by atoms with Crippen molar-refractivity contribution in [2.75, 3.05) is 26.2 Å². The van der Waals surface area contributed by atoms with Gasteiger partial charge in [0.2, 0.25) is 0 Å². The van der Waals surface area contributed by atoms with E-state index in [0.29, 0.717) is 26.2 Å². The molecular formula is C21H28IN5O3. The highest BCUT2D eigenvalue weighted by atomic mass is 127. The van der Waals surface area contributed by atoms with E-state index in [-0.39, 0.29) is 36.1 Å². The Morgan fingerprint density at radius 2 is 2.03 bits per heavy atom. The lowest BCUT2D eigenvalue weighted by Crippen LogP contribution is -2.57. The molecule has 162 valence electrons. The Balaban J connectivity index is 0.00000256. The molecule has 3 heterocycles. The zero-order chi connectivity index (χ0) is 20.4. The number of rotatable bonds is 3. The Kier molecular flexibility index (Phi) is 6.89. The molecule has 0 saturated carbocycles. The minimum atomic E-state index is -0.483. The fourth-order valence-corrected chi connectivity index (χ4v) is 3.53. The molecule has 1 aromatic heterocycles. The Morgan fingerprint density at radius 1 is 1.27 bits per heavy atom. The van der Waals surface area contributed by atoms with Gasteiger partial charge in [-0.2, -0.15) is 0 Å². The van der Waals surface area contributed by atoms with E-state index in [0.717, 1.165) is 29.5 Å². The van der Waals surface area contributed by atoms with Crippen molar-refractivity contribution in [3.8, 4) is 11.3 Å². The third-order valence-corrected chi connectivity index (χ3v) is 4.90. The molecule has 1 fully saturated rings. The third-order valence-electron chi connectivity index (χ3n) is 4.90. The van der Waals surface area contributed by atoms with Crippen LogP contribution in [0.15, 0.2) is 45.9 Å². The lowest BCUT2D eigenvalue weighted by molar-refractivity contribution is 0.0137. The number of ether oxygens (including phenoxy) is 1. The molecule has 2 aromatic rings. The second-order valence-electron chi connectivity index (χ2n) is 8.34. The fourth-order valence-electron chi connectivity index (χ4n) is 3.53. The first kappa shape index (κ1) is 22.4. The topological polar surface area (TPSA) is 83.2 Å². The van der Waals surface area contributed by atoms with Gasteiger partial charge in [-0.1, -0.05) is 35.5 Å². The first-order valence-corrected chi connectivity index (χ1v) is 9.93. The Morgan fingerprint density at radius 3 is 2.77 bits per heavy atom. The van der Waals surface area contributed by atoms with Gasteiger partial charge in [0.15, 0.2) is 11.7 Å². The molecule has 9 heteroatoms. The summed E-state index contributed by atoms with van der Waals surface area (Å²) in [6, 6.07) is 12.0. The number of amides is 1. The Bertz CT molecular complexity index is 894. The van der Waals surface area contributed by atoms with E-state index in [2.05, 4.69) is 20.4 Å². The summed E-state index contributed by atoms with van der Waals surface area (Å²) in [6.45, 7) is 8.81. The van der Waals surface area contributed by atoms with Crippen LogP contribution in [0, 0.1) is 0 Å². The monoisotopic (exact) mass is 525 g/mol. The van der Waals surface area contributed by atoms with E-state index in [4.69, 9.17) is 9.26 Å². The van der Waals surface area contributed by atoms with E-state index >= 15 is 0 Å². The zero-order valence-electron chi connectivity index (χ0n) is 17.5. The summed E-state index contributed by atoms with van der Waals surface area (Å²) in [5, 5.41) is 7.51. The minimum absolute atomic E-state index is 0. The van der Waals surface area contributed by atoms with E-state index in [1.54, 1.807) is 4.90 Å². The molecule has 30 heavy (non-hydrogen) atoms. The largest absolute Gasteiger partial charge is 0.444 e. The molecule has 1 aromatic carbocycles. The normalized spacial score (nSPS) is 18.4. The molecule has 8 nitrogen and oxygen atoms in total. The van der Waals surface area contributed by atoms with Crippen LogP contribution in [-0.4, -0.2) is 64.8 Å². The van der Waals surface area contributed by atoms with Crippen molar-refractivity contribution < 1.29 is 14.1 Å². The smallest absolute Gasteiger partial charge is 0.410 e. The van der Waals surface area contributed by atoms with E-state index in [1.165, 1.54) is 0 Å². The molecule has 4 rings (SSSR count). The van der Waals surface area contributed by atoms with E-state index < -0.39 is 5.60 Å². The molecule has 1 atom stereocenters. The van der Waals surface area contributed by atoms with Gasteiger partial charge in [0.1, 0.15) is 11.3 Å². The number of aliphatic imine (C=N–C) groups is 1. The summed E-state index contributed by atoms with van der Waals surface area (Å²) < 4.78 is 10.9. The number of fused-ring (bicyclic) bond motifs is 1. The SMILES string of the molecule is CC(C)(C)OC(=O)N1CCN2C(NCc3cc(-c4ccccc4)on3)=NCC2C1.I. The molecule has 1 unspecified atom stereocenters. The predicted octanol–water partition coefficient (Wildman–Crippen LogP) is 3.34. The number of nitrogens with zero attached hydrogens (tertiary/aromatic N) is 4. The molecule has 1 amide bonds. The van der Waals surface area contributed by atoms with Gasteiger partial charge in [-0.15, -0.1) is 24.0 Å². The van der Waals surface area contributed by atoms with Crippen LogP contribution in [0.4, 0.5) is 4.79 Å². The molecule has 1 saturated heterocycles. The van der Waals surface area contributed by atoms with Crippen molar-refractivity contribution in [3.63, 3.8) is 0 Å². The summed E-state index contributed by atoms with van der Waals surface area (Å²) >= 11 is 0. The maximum Gasteiger partial charge on any atom is 0.410 e. The lowest BCUT2D eigenvalue weighted by Gasteiger charge is -2.39. The summed E-state index contributed by atoms with van der Waals surface area (Å²) in [5.74, 6) is 1.60. The average Bonchev–Trinajstić information content (AvgIpc) is 3.32. The van der Waals surface area contributed by atoms with Crippen molar-refractivity contribution in [1.29, 1.82) is 0 Å². The van der Waals surface area contributed by atoms with Crippen LogP contribution in [-0.2, 0) is 11.3 Å². The minimum Gasteiger partial charge on any atom is -0.444 e. The van der Waals surface area contributed by atoms with Crippen LogP contribution < -0.4 is 5.32 Å². The van der Waals surface area contributed by atoms with Gasteiger partial charge >= 0.3 is 6.09 Å². The maximum absolute atomic E-state index is 12.3. The third kappa shape index (κ3) is 5.24. The molecule has 0 bridgehead atoms. The fraction of sp³-hybridized carbons (Fsp3) is 0.476. The van der Waals surface area contributed by atoms with Gasteiger partial charge < -0.3 is 24.4 Å². The quantitative estimate of drug-likeness (QED) is 0.620. The number of piperazine rings is 1. The van der Waals surface area contributed by atoms with Crippen LogP contribution in [0.1, 0.15) is 26.5 Å². The molecular weight excluding hydrogens is 497 g/mol. The number of aromatic nitrogens is 1. The van der Waals surface area contributed by atoms with Crippen molar-refractivity contribution >= 4 is 36.0 Å². The van der Waals surface area contributed by atoms with Gasteiger partial charge in [-0.25, -0.2) is 4.79 Å². The number of halogens is 1. The second kappa shape index (κ2) is 9.23. The van der Waals surface area contributed by atoms with Crippen molar-refractivity contribution in [2.45, 2.75) is 39.0 Å². The highest BCUT2D eigenvalue weighted by Crippen LogP contribution is 2.21. The first-order chi connectivity index (χ1) is 13.9. The highest BCUT2D eigenvalue weighted by Gasteiger charge is 2.36. The summed E-state index contributed by atoms with van der Waals surface area (Å²) in [5.41, 5.74) is 1.34. The molecule has 1 N–H and O–H groups in total. The number of benzene rings is 1. The molecule has 0 spiro atoms. The predicted molar refractivity (Wildman–Crippen MR) is 125 cm³/mol. The van der Waals surface area contributed by atoms with Gasteiger partial charge in [0.05, 0.1) is 19.1 Å². The number of carbonyl (C=O) groups is 1. The molecule has 0 aliphatic carbocycles. The van der Waals surface area contributed by atoms with Crippen molar-refractivity contribution in [2.24, 2.45) is 4.99 Å². The highest BCUT2D eigenvalue weighted by molar-refractivity contribution is 14.0. The zero-order valence-corrected chi connectivity index (χ0v) is 19.8. The van der Waals surface area contributed by atoms with Crippen LogP contribution in [0.2, 0.25) is 0 Å². The standard InChI is InChI=1S/C21H27N5O3.HI/c1-21(2,3)28-20(27)25-9-10-26-17(14-25)13-23-19(26)22-12-16-11-18(29-24-16)15-7-5-4-6-8-15;/h4-8,11,17H,9-10,12-14H2,1-3H3,(H,22,23);1H. The first-order valence-electron chi connectivity index (χ1n) is 9.93. The molecule has 2 aliphatic rings. The number of guanidine groups is 1. The summed E-state index contributed by atoms with van der Waals surface area (Å²) in [6.07, 6.45) is -0.255. The van der Waals surface area contributed by atoms with Crippen LogP contribution in [0.25, 0.3) is 11.3 Å². The van der Waals surface area contributed by atoms with E-state index in [9.17, 15) is 4.79 Å². The lowest BCUT2D eigenvalue weighted by atomic mass is 10.1. The van der Waals surface area contributed by atoms with Gasteiger partial charge in [-0.05, 0) is 20.8 Å². The van der Waals surface area contributed by atoms with Gasteiger partial charge in [-0.3, -0.25) is 4.99 Å². The number of nitrogens with one attached hydrogen (secondary N) is 1. The summed E-state index contributed by atoms with van der Waals surface area (Å²) in [7, 11) is 0. The molecule has 2 aliphatic heterocycles. The number of carbonyl (C=O) groups excluding carboxylic acids is 1. The number of hydrogen-bond donors (Lipinski definition) is 1. The maximum atomic E-state index is 12.3. The van der Waals surface area contributed by atoms with E-state index in [1.807, 2.05) is 57.2 Å². The number of hydrogen-bond acceptors (Lipinski definition) is 7. The van der Waals surface area contributed by atoms with Crippen molar-refractivity contribution in [3.05, 3.63) is 42.1 Å². The van der Waals surface area contributed by atoms with Crippen LogP contribution >= 0.6 is 24.0 Å². The van der Waals surface area contributed by atoms with Gasteiger partial charge in [0.25, 0.3) is 0 Å². The second-order valence-corrected chi connectivity index (χ2v) is 8.34. The molecule has 0 radical (unpaired) electrons. The van der Waals surface area contributed by atoms with Crippen LogP contribution in [0.5, 0.6) is 0 Å². The Labute approximate surface area is 193 Å². The van der Waals surface area contributed by atoms with Gasteiger partial charge in [0, 0.05) is 31.3 Å². The summed E-state index contributed by atoms with van der Waals surface area (Å²) in [4.78, 5) is 20.9. The van der Waals surface area contributed by atoms with Crippen LogP contribution in [0.3, 0.4) is 0 Å². The van der Waals surface area contributed by atoms with Crippen molar-refractivity contribution in [1.82, 2.24) is 20.3 Å². The Hall–Kier alpha value is -2.30. The average molecular weight is 525 g/mol.